The van der Waals surface area contributed by atoms with Crippen molar-refractivity contribution in [3.8, 4) is 0 Å². The predicted molar refractivity (Wildman–Crippen MR) is 66.4 cm³/mol. The molecule has 0 saturated heterocycles. The molecule has 1 amide bonds. The molecular weight excluding hydrogens is 321 g/mol. The van der Waals surface area contributed by atoms with E-state index >= 15 is 0 Å². The second-order valence-corrected chi connectivity index (χ2v) is 4.97. The molecule has 9 heteroatoms. The molecule has 2 rings (SSSR count). The Balaban J connectivity index is 2.28. The number of primary amides is 1. The molecule has 1 saturated carbocycles. The fourth-order valence-corrected chi connectivity index (χ4v) is 2.43. The van der Waals surface area contributed by atoms with Gasteiger partial charge in [0.1, 0.15) is 10.7 Å². The minimum atomic E-state index is -1.08. The fraction of sp³-hybridized carbons (Fsp3) is 0.400. The maximum absolute atomic E-state index is 13.8. The lowest BCUT2D eigenvalue weighted by Gasteiger charge is -2.43. The molecule has 100 valence electrons. The van der Waals surface area contributed by atoms with E-state index in [0.717, 1.165) is 0 Å². The van der Waals surface area contributed by atoms with Crippen LogP contribution < -0.4 is 5.73 Å². The lowest BCUT2D eigenvalue weighted by molar-refractivity contribution is 0.00384. The number of rotatable bonds is 3. The number of aromatic nitrogens is 1. The molecule has 1 aliphatic rings. The summed E-state index contributed by atoms with van der Waals surface area (Å²) in [4.78, 5) is 17.0. The molecule has 7 nitrogen and oxygen atoms in total. The quantitative estimate of drug-likeness (QED) is 0.398. The van der Waals surface area contributed by atoms with E-state index < -0.39 is 23.7 Å². The summed E-state index contributed by atoms with van der Waals surface area (Å²) in [5.74, 6) is -0.723. The summed E-state index contributed by atoms with van der Waals surface area (Å²) in [5.41, 5.74) is 12.6. The van der Waals surface area contributed by atoms with Crippen molar-refractivity contribution >= 4 is 22.0 Å². The Morgan fingerprint density at radius 2 is 2.37 bits per heavy atom. The third-order valence-corrected chi connectivity index (χ3v) is 3.41. The van der Waals surface area contributed by atoms with Gasteiger partial charge in [0.15, 0.2) is 0 Å². The van der Waals surface area contributed by atoms with Gasteiger partial charge < -0.3 is 10.5 Å². The van der Waals surface area contributed by atoms with Crippen molar-refractivity contribution in [1.82, 2.24) is 4.98 Å². The van der Waals surface area contributed by atoms with E-state index in [0.29, 0.717) is 4.60 Å². The largest absolute Gasteiger partial charge is 0.446 e. The second kappa shape index (κ2) is 5.02. The number of nitrogens with two attached hydrogens (primary N) is 1. The lowest BCUT2D eigenvalue weighted by Crippen LogP contribution is -2.46. The number of hydrogen-bond donors (Lipinski definition) is 1. The Labute approximate surface area is 115 Å². The molecule has 0 aromatic carbocycles. The standard InChI is InChI=1S/C10H9BrFN5O2/c11-7-2-1-6(8(12)15-7)10(16-17-14)3-5(4-10)19-9(13)18/h1-2,5H,3-4H2,(H2,13,18). The summed E-state index contributed by atoms with van der Waals surface area (Å²) in [6.45, 7) is 0. The molecule has 0 bridgehead atoms. The monoisotopic (exact) mass is 329 g/mol. The molecule has 2 N–H and O–H groups in total. The fourth-order valence-electron chi connectivity index (χ4n) is 2.14. The molecule has 1 heterocycles. The summed E-state index contributed by atoms with van der Waals surface area (Å²) in [7, 11) is 0. The first-order chi connectivity index (χ1) is 8.97. The molecule has 1 aromatic heterocycles. The smallest absolute Gasteiger partial charge is 0.404 e. The van der Waals surface area contributed by atoms with Gasteiger partial charge in [-0.05, 0) is 27.5 Å². The summed E-state index contributed by atoms with van der Waals surface area (Å²) in [6.07, 6.45) is -1.03. The molecular formula is C10H9BrFN5O2. The van der Waals surface area contributed by atoms with E-state index in [9.17, 15) is 9.18 Å². The van der Waals surface area contributed by atoms with E-state index in [2.05, 4.69) is 30.9 Å². The SMILES string of the molecule is [N-]=[N+]=NC1(c2ccc(Br)nc2F)CC(OC(N)=O)C1. The van der Waals surface area contributed by atoms with E-state index in [-0.39, 0.29) is 18.4 Å². The number of ether oxygens (including phenoxy) is 1. The van der Waals surface area contributed by atoms with Gasteiger partial charge in [-0.15, -0.1) is 0 Å². The van der Waals surface area contributed by atoms with Crippen molar-refractivity contribution < 1.29 is 13.9 Å². The average Bonchev–Trinajstić information content (AvgIpc) is 2.25. The highest BCUT2D eigenvalue weighted by atomic mass is 79.9. The molecule has 1 aliphatic carbocycles. The highest BCUT2D eigenvalue weighted by Gasteiger charge is 2.49. The molecule has 0 atom stereocenters. The number of carbonyl (C=O) groups excluding carboxylic acids is 1. The van der Waals surface area contributed by atoms with Crippen LogP contribution in [0.25, 0.3) is 10.4 Å². The Morgan fingerprint density at radius 3 is 2.89 bits per heavy atom. The maximum Gasteiger partial charge on any atom is 0.404 e. The zero-order valence-corrected chi connectivity index (χ0v) is 11.2. The molecule has 0 aliphatic heterocycles. The lowest BCUT2D eigenvalue weighted by atomic mass is 9.70. The molecule has 1 fully saturated rings. The van der Waals surface area contributed by atoms with Gasteiger partial charge in [0, 0.05) is 23.3 Å². The Kier molecular flexibility index (Phi) is 3.59. The van der Waals surface area contributed by atoms with Gasteiger partial charge in [-0.25, -0.2) is 9.78 Å². The van der Waals surface area contributed by atoms with Gasteiger partial charge in [0.2, 0.25) is 5.95 Å². The summed E-state index contributed by atoms with van der Waals surface area (Å²) in [5, 5.41) is 3.63. The minimum Gasteiger partial charge on any atom is -0.446 e. The normalized spacial score (nSPS) is 25.1. The van der Waals surface area contributed by atoms with Gasteiger partial charge in [0.25, 0.3) is 0 Å². The third kappa shape index (κ3) is 2.61. The molecule has 0 radical (unpaired) electrons. The van der Waals surface area contributed by atoms with Gasteiger partial charge >= 0.3 is 6.09 Å². The van der Waals surface area contributed by atoms with Crippen molar-refractivity contribution in [2.75, 3.05) is 0 Å². The van der Waals surface area contributed by atoms with Crippen LogP contribution in [0.2, 0.25) is 0 Å². The number of nitrogens with zero attached hydrogens (tertiary/aromatic N) is 4. The van der Waals surface area contributed by atoms with Crippen molar-refractivity contribution in [1.29, 1.82) is 0 Å². The van der Waals surface area contributed by atoms with Crippen LogP contribution in [0.5, 0.6) is 0 Å². The molecule has 0 unspecified atom stereocenters. The van der Waals surface area contributed by atoms with Crippen molar-refractivity contribution in [2.24, 2.45) is 10.8 Å². The third-order valence-electron chi connectivity index (χ3n) is 2.97. The predicted octanol–water partition coefficient (Wildman–Crippen LogP) is 2.75. The van der Waals surface area contributed by atoms with Gasteiger partial charge in [0.05, 0.1) is 5.54 Å². The van der Waals surface area contributed by atoms with E-state index in [1.54, 1.807) is 6.07 Å². The number of halogens is 2. The van der Waals surface area contributed by atoms with Crippen LogP contribution in [0.1, 0.15) is 18.4 Å². The van der Waals surface area contributed by atoms with Crippen LogP contribution in [0.15, 0.2) is 21.9 Å². The van der Waals surface area contributed by atoms with Crippen LogP contribution in [0.3, 0.4) is 0 Å². The maximum atomic E-state index is 13.8. The van der Waals surface area contributed by atoms with Crippen molar-refractivity contribution in [3.63, 3.8) is 0 Å². The first-order valence-electron chi connectivity index (χ1n) is 5.32. The van der Waals surface area contributed by atoms with E-state index in [1.165, 1.54) is 6.07 Å². The second-order valence-electron chi connectivity index (χ2n) is 4.16. The number of pyridine rings is 1. The molecule has 19 heavy (non-hydrogen) atoms. The summed E-state index contributed by atoms with van der Waals surface area (Å²) in [6, 6.07) is 3.04. The number of carbonyl (C=O) groups is 1. The Hall–Kier alpha value is -1.86. The van der Waals surface area contributed by atoms with Gasteiger partial charge in [-0.2, -0.15) is 4.39 Å². The number of azide groups is 1. The first-order valence-corrected chi connectivity index (χ1v) is 6.11. The van der Waals surface area contributed by atoms with Crippen LogP contribution in [0.4, 0.5) is 9.18 Å². The van der Waals surface area contributed by atoms with Crippen molar-refractivity contribution in [2.45, 2.75) is 24.5 Å². The van der Waals surface area contributed by atoms with Crippen LogP contribution in [0, 0.1) is 5.95 Å². The topological polar surface area (TPSA) is 114 Å². The minimum absolute atomic E-state index is 0.179. The summed E-state index contributed by atoms with van der Waals surface area (Å²) >= 11 is 3.05. The molecule has 0 spiro atoms. The number of amides is 1. The zero-order valence-electron chi connectivity index (χ0n) is 9.58. The number of hydrogen-bond acceptors (Lipinski definition) is 4. The highest BCUT2D eigenvalue weighted by Crippen LogP contribution is 2.47. The highest BCUT2D eigenvalue weighted by molar-refractivity contribution is 9.10. The van der Waals surface area contributed by atoms with E-state index in [1.807, 2.05) is 0 Å². The summed E-state index contributed by atoms with van der Waals surface area (Å²) < 4.78 is 18.9. The van der Waals surface area contributed by atoms with Crippen LogP contribution in [-0.4, -0.2) is 17.2 Å². The Morgan fingerprint density at radius 1 is 1.68 bits per heavy atom. The average molecular weight is 330 g/mol. The zero-order chi connectivity index (χ0) is 14.0. The van der Waals surface area contributed by atoms with Crippen LogP contribution in [-0.2, 0) is 10.3 Å². The Bertz CT molecular complexity index is 569. The van der Waals surface area contributed by atoms with Gasteiger partial charge in [-0.1, -0.05) is 11.2 Å². The van der Waals surface area contributed by atoms with Gasteiger partial charge in [-0.3, -0.25) is 0 Å². The van der Waals surface area contributed by atoms with E-state index in [4.69, 9.17) is 16.0 Å². The first kappa shape index (κ1) is 13.6. The van der Waals surface area contributed by atoms with Crippen LogP contribution >= 0.6 is 15.9 Å². The van der Waals surface area contributed by atoms with Crippen molar-refractivity contribution in [3.05, 3.63) is 38.7 Å². The molecule has 1 aromatic rings.